The number of esters is 4. The highest BCUT2D eigenvalue weighted by atomic mass is 16.6. The van der Waals surface area contributed by atoms with Crippen LogP contribution in [0.25, 0.3) is 0 Å². The maximum atomic E-state index is 12.9. The molecule has 0 amide bonds. The highest BCUT2D eigenvalue weighted by molar-refractivity contribution is 5.72. The van der Waals surface area contributed by atoms with E-state index in [0.29, 0.717) is 38.8 Å². The molecule has 9 nitrogen and oxygen atoms in total. The molecule has 49 heavy (non-hydrogen) atoms. The third-order valence-corrected chi connectivity index (χ3v) is 9.30. The summed E-state index contributed by atoms with van der Waals surface area (Å²) < 4.78 is 23.6. The fourth-order valence-electron chi connectivity index (χ4n) is 6.54. The summed E-state index contributed by atoms with van der Waals surface area (Å²) in [6, 6.07) is -0.529. The second kappa shape index (κ2) is 29.6. The van der Waals surface area contributed by atoms with Crippen molar-refractivity contribution >= 4 is 23.9 Å². The molecule has 0 unspecified atom stereocenters. The molecule has 1 heterocycles. The van der Waals surface area contributed by atoms with Crippen LogP contribution in [-0.2, 0) is 38.1 Å². The molecule has 0 radical (unpaired) electrons. The van der Waals surface area contributed by atoms with Gasteiger partial charge >= 0.3 is 23.9 Å². The van der Waals surface area contributed by atoms with Crippen LogP contribution in [0, 0.1) is 0 Å². The second-order valence-corrected chi connectivity index (χ2v) is 14.0. The summed E-state index contributed by atoms with van der Waals surface area (Å²) >= 11 is 0. The van der Waals surface area contributed by atoms with Gasteiger partial charge in [0.25, 0.3) is 0 Å². The Morgan fingerprint density at radius 1 is 0.469 bits per heavy atom. The van der Waals surface area contributed by atoms with Crippen LogP contribution in [0.2, 0.25) is 0 Å². The number of unbranched alkanes of at least 4 members (excludes halogenated alkanes) is 15. The zero-order valence-corrected chi connectivity index (χ0v) is 32.1. The first-order valence-corrected chi connectivity index (χ1v) is 20.3. The summed E-state index contributed by atoms with van der Waals surface area (Å²) in [5.41, 5.74) is 0. The van der Waals surface area contributed by atoms with Crippen LogP contribution in [0.5, 0.6) is 0 Å². The average molecular weight is 696 g/mol. The predicted molar refractivity (Wildman–Crippen MR) is 195 cm³/mol. The maximum Gasteiger partial charge on any atom is 0.306 e. The first-order valence-electron chi connectivity index (χ1n) is 20.3. The number of hydrogen-bond donors (Lipinski definition) is 0. The molecule has 0 saturated carbocycles. The van der Waals surface area contributed by atoms with E-state index in [1.54, 1.807) is 0 Å². The molecule has 0 bridgehead atoms. The van der Waals surface area contributed by atoms with E-state index in [1.165, 1.54) is 83.5 Å². The fraction of sp³-hybridized carbons (Fsp3) is 0.900. The number of carbonyl (C=O) groups excluding carboxylic acids is 4. The maximum absolute atomic E-state index is 12.9. The lowest BCUT2D eigenvalue weighted by Gasteiger charge is -2.47. The van der Waals surface area contributed by atoms with E-state index in [9.17, 15) is 19.2 Å². The highest BCUT2D eigenvalue weighted by Gasteiger charge is 2.50. The Bertz CT molecular complexity index is 880. The monoisotopic (exact) mass is 696 g/mol. The number of ether oxygens (including phenoxy) is 4. The molecular weight excluding hydrogens is 622 g/mol. The van der Waals surface area contributed by atoms with Crippen LogP contribution in [0.3, 0.4) is 0 Å². The van der Waals surface area contributed by atoms with E-state index < -0.39 is 36.3 Å². The van der Waals surface area contributed by atoms with Gasteiger partial charge in [0.05, 0.1) is 6.04 Å². The van der Waals surface area contributed by atoms with Gasteiger partial charge in [-0.1, -0.05) is 131 Å². The van der Waals surface area contributed by atoms with Crippen molar-refractivity contribution in [2.24, 2.45) is 0 Å². The number of piperidine rings is 1. The molecule has 0 aromatic rings. The highest BCUT2D eigenvalue weighted by Crippen LogP contribution is 2.29. The molecule has 1 aliphatic heterocycles. The van der Waals surface area contributed by atoms with Crippen molar-refractivity contribution in [2.45, 2.75) is 213 Å². The molecule has 1 fully saturated rings. The summed E-state index contributed by atoms with van der Waals surface area (Å²) in [6.45, 7) is 10.8. The number of nitrogens with zero attached hydrogens (tertiary/aromatic N) is 1. The normalized spacial score (nSPS) is 19.4. The van der Waals surface area contributed by atoms with E-state index in [1.807, 2.05) is 27.7 Å². The van der Waals surface area contributed by atoms with Gasteiger partial charge in [-0.2, -0.15) is 0 Å². The largest absolute Gasteiger partial charge is 0.464 e. The van der Waals surface area contributed by atoms with Crippen molar-refractivity contribution in [3.05, 3.63) is 0 Å². The minimum absolute atomic E-state index is 0.000777. The lowest BCUT2D eigenvalue weighted by Crippen LogP contribution is -2.65. The Labute approximate surface area is 299 Å². The molecule has 0 aliphatic carbocycles. The zero-order chi connectivity index (χ0) is 36.1. The summed E-state index contributed by atoms with van der Waals surface area (Å²) in [5, 5.41) is 0. The molecule has 0 aromatic carbocycles. The molecule has 9 heteroatoms. The average Bonchev–Trinajstić information content (AvgIpc) is 3.06. The lowest BCUT2D eigenvalue weighted by atomic mass is 9.92. The third kappa shape index (κ3) is 21.0. The Balaban J connectivity index is 2.84. The molecule has 0 N–H and O–H groups in total. The van der Waals surface area contributed by atoms with E-state index in [-0.39, 0.29) is 44.2 Å². The summed E-state index contributed by atoms with van der Waals surface area (Å²) in [4.78, 5) is 53.0. The first kappa shape index (κ1) is 44.9. The molecule has 286 valence electrons. The van der Waals surface area contributed by atoms with Crippen molar-refractivity contribution in [2.75, 3.05) is 19.7 Å². The van der Waals surface area contributed by atoms with Crippen molar-refractivity contribution in [1.29, 1.82) is 0 Å². The van der Waals surface area contributed by atoms with Gasteiger partial charge in [-0.05, 0) is 38.6 Å². The first-order chi connectivity index (χ1) is 23.8. The van der Waals surface area contributed by atoms with Crippen molar-refractivity contribution < 1.29 is 38.1 Å². The van der Waals surface area contributed by atoms with Gasteiger partial charge in [0.2, 0.25) is 0 Å². The number of hydrogen-bond acceptors (Lipinski definition) is 9. The smallest absolute Gasteiger partial charge is 0.306 e. The summed E-state index contributed by atoms with van der Waals surface area (Å²) in [5.74, 6) is -1.55. The topological polar surface area (TPSA) is 108 Å². The Morgan fingerprint density at radius 3 is 1.31 bits per heavy atom. The molecule has 0 aromatic heterocycles. The van der Waals surface area contributed by atoms with E-state index >= 15 is 0 Å². The molecular formula is C40H73NO8. The van der Waals surface area contributed by atoms with Gasteiger partial charge in [0, 0.05) is 32.2 Å². The van der Waals surface area contributed by atoms with Crippen molar-refractivity contribution in [3.63, 3.8) is 0 Å². The second-order valence-electron chi connectivity index (χ2n) is 14.0. The number of carbonyl (C=O) groups is 4. The van der Waals surface area contributed by atoms with Crippen LogP contribution >= 0.6 is 0 Å². The number of rotatable bonds is 30. The van der Waals surface area contributed by atoms with Crippen LogP contribution in [0.1, 0.15) is 189 Å². The van der Waals surface area contributed by atoms with Gasteiger partial charge in [0.1, 0.15) is 6.61 Å². The van der Waals surface area contributed by atoms with Crippen LogP contribution in [-0.4, -0.2) is 72.8 Å². The minimum Gasteiger partial charge on any atom is -0.464 e. The van der Waals surface area contributed by atoms with Crippen LogP contribution < -0.4 is 0 Å². The standard InChI is InChI=1S/C40H73NO8/c1-6-11-12-13-14-15-16-17-18-19-20-21-22-23-24-25-30-41-31-34(47-36(43)27-8-3)40(49-38(45)29-10-5)39(48-37(44)28-9-4)33(41)32-46-35(42)26-7-2/h33-34,39-40H,6-32H2,1-5H3/t33-,34+,39-,40-/m1/s1. The Hall–Kier alpha value is -2.16. The predicted octanol–water partition coefficient (Wildman–Crippen LogP) is 9.41. The molecule has 4 atom stereocenters. The third-order valence-electron chi connectivity index (χ3n) is 9.30. The van der Waals surface area contributed by atoms with Gasteiger partial charge < -0.3 is 18.9 Å². The van der Waals surface area contributed by atoms with Gasteiger partial charge in [-0.3, -0.25) is 24.1 Å². The van der Waals surface area contributed by atoms with Crippen LogP contribution in [0.4, 0.5) is 0 Å². The minimum atomic E-state index is -0.988. The number of likely N-dealkylation sites (tertiary alicyclic amines) is 1. The Kier molecular flexibility index (Phi) is 27.1. The summed E-state index contributed by atoms with van der Waals surface area (Å²) in [7, 11) is 0. The quantitative estimate of drug-likeness (QED) is 0.0412. The van der Waals surface area contributed by atoms with E-state index in [2.05, 4.69) is 11.8 Å². The van der Waals surface area contributed by atoms with E-state index in [4.69, 9.17) is 18.9 Å². The van der Waals surface area contributed by atoms with Crippen molar-refractivity contribution in [3.8, 4) is 0 Å². The zero-order valence-electron chi connectivity index (χ0n) is 32.1. The molecule has 1 saturated heterocycles. The molecule has 0 spiro atoms. The SMILES string of the molecule is CCCCCCCCCCCCCCCCCCN1C[C@H](OC(=O)CCC)[C@@H](OC(=O)CCC)[C@H](OC(=O)CCC)[C@H]1COC(=O)CCC. The van der Waals surface area contributed by atoms with Crippen molar-refractivity contribution in [1.82, 2.24) is 4.90 Å². The van der Waals surface area contributed by atoms with E-state index in [0.717, 1.165) is 19.3 Å². The van der Waals surface area contributed by atoms with Crippen LogP contribution in [0.15, 0.2) is 0 Å². The lowest BCUT2D eigenvalue weighted by molar-refractivity contribution is -0.210. The van der Waals surface area contributed by atoms with Gasteiger partial charge in [-0.25, -0.2) is 0 Å². The molecule has 1 aliphatic rings. The summed E-state index contributed by atoms with van der Waals surface area (Å²) in [6.07, 6.45) is 21.2. The molecule has 1 rings (SSSR count). The van der Waals surface area contributed by atoms with Gasteiger partial charge in [0.15, 0.2) is 18.3 Å². The van der Waals surface area contributed by atoms with Gasteiger partial charge in [-0.15, -0.1) is 0 Å². The fourth-order valence-corrected chi connectivity index (χ4v) is 6.54. The Morgan fingerprint density at radius 2 is 0.857 bits per heavy atom.